The summed E-state index contributed by atoms with van der Waals surface area (Å²) >= 11 is 0. The lowest BCUT2D eigenvalue weighted by Crippen LogP contribution is -2.55. The molecule has 3 fully saturated rings. The minimum atomic E-state index is -2.97. The summed E-state index contributed by atoms with van der Waals surface area (Å²) in [6.07, 6.45) is 1.33. The molecule has 15 heteroatoms. The second-order valence-corrected chi connectivity index (χ2v) is 16.6. The number of esters is 2. The van der Waals surface area contributed by atoms with Gasteiger partial charge >= 0.3 is 18.0 Å². The number of hydrogen-bond acceptors (Lipinski definition) is 10. The number of anilines is 1. The molecule has 0 radical (unpaired) electrons. The lowest BCUT2D eigenvalue weighted by Gasteiger charge is -2.45. The summed E-state index contributed by atoms with van der Waals surface area (Å²) in [5.74, 6) is -5.61. The van der Waals surface area contributed by atoms with Crippen LogP contribution < -0.4 is 5.32 Å². The first-order valence-electron chi connectivity index (χ1n) is 18.3. The molecule has 288 valence electrons. The quantitative estimate of drug-likeness (QED) is 0.247. The summed E-state index contributed by atoms with van der Waals surface area (Å²) in [4.78, 5) is 64.1. The van der Waals surface area contributed by atoms with Gasteiger partial charge in [0.1, 0.15) is 29.5 Å². The number of rotatable bonds is 9. The van der Waals surface area contributed by atoms with Crippen LogP contribution in [0.1, 0.15) is 94.0 Å². The van der Waals surface area contributed by atoms with Gasteiger partial charge in [0.05, 0.1) is 29.8 Å². The van der Waals surface area contributed by atoms with Crippen LogP contribution >= 0.6 is 0 Å². The second kappa shape index (κ2) is 14.9. The SMILES string of the molecule is CC(C)C(=O)Nc1ncnc2c1ccn2[C@@H]1C[C@H](CN2CC(F)(F)CC23CCN(C(=O)OC(C)(C)C)CC3)[C@@H](OC(=O)C(C)C)[C@H]1OC(=O)C(C)C. The largest absolute Gasteiger partial charge is 0.458 e. The maximum absolute atomic E-state index is 15.4. The van der Waals surface area contributed by atoms with E-state index in [4.69, 9.17) is 14.2 Å². The Labute approximate surface area is 304 Å². The molecule has 5 rings (SSSR count). The number of alkyl halides is 2. The highest BCUT2D eigenvalue weighted by Gasteiger charge is 2.58. The number of fused-ring (bicyclic) bond motifs is 1. The van der Waals surface area contributed by atoms with E-state index in [0.717, 1.165) is 0 Å². The molecule has 0 unspecified atom stereocenters. The Kier molecular flexibility index (Phi) is 11.2. The van der Waals surface area contributed by atoms with Crippen molar-refractivity contribution in [2.75, 3.05) is 31.5 Å². The number of aromatic nitrogens is 3. The average molecular weight is 733 g/mol. The van der Waals surface area contributed by atoms with Gasteiger partial charge in [-0.25, -0.2) is 23.5 Å². The topological polar surface area (TPSA) is 145 Å². The maximum Gasteiger partial charge on any atom is 0.410 e. The molecule has 52 heavy (non-hydrogen) atoms. The predicted molar refractivity (Wildman–Crippen MR) is 188 cm³/mol. The number of carbonyl (C=O) groups is 4. The zero-order chi connectivity index (χ0) is 38.3. The van der Waals surface area contributed by atoms with Crippen molar-refractivity contribution in [3.63, 3.8) is 0 Å². The number of ether oxygens (including phenoxy) is 3. The van der Waals surface area contributed by atoms with Crippen molar-refractivity contribution in [2.24, 2.45) is 23.7 Å². The van der Waals surface area contributed by atoms with Gasteiger partial charge in [-0.15, -0.1) is 0 Å². The molecule has 2 saturated heterocycles. The summed E-state index contributed by atoms with van der Waals surface area (Å²) in [6, 6.07) is 1.18. The Morgan fingerprint density at radius 3 is 2.13 bits per heavy atom. The van der Waals surface area contributed by atoms with E-state index in [-0.39, 0.29) is 37.9 Å². The molecule has 0 bridgehead atoms. The minimum Gasteiger partial charge on any atom is -0.458 e. The van der Waals surface area contributed by atoms with Crippen molar-refractivity contribution in [3.8, 4) is 0 Å². The van der Waals surface area contributed by atoms with Gasteiger partial charge in [-0.1, -0.05) is 41.5 Å². The molecular formula is C37H54F2N6O7. The number of piperidine rings is 1. The molecular weight excluding hydrogens is 678 g/mol. The second-order valence-electron chi connectivity index (χ2n) is 16.6. The third-order valence-corrected chi connectivity index (χ3v) is 10.3. The van der Waals surface area contributed by atoms with Gasteiger partial charge in [-0.05, 0) is 46.1 Å². The zero-order valence-corrected chi connectivity index (χ0v) is 31.8. The molecule has 3 aliphatic rings. The third kappa shape index (κ3) is 8.50. The molecule has 1 aliphatic carbocycles. The van der Waals surface area contributed by atoms with Gasteiger partial charge in [0.15, 0.2) is 6.10 Å². The average Bonchev–Trinajstić information content (AvgIpc) is 3.68. The molecule has 4 atom stereocenters. The van der Waals surface area contributed by atoms with Crippen molar-refractivity contribution < 1.29 is 42.2 Å². The van der Waals surface area contributed by atoms with Crippen LogP contribution in [0.15, 0.2) is 18.6 Å². The summed E-state index contributed by atoms with van der Waals surface area (Å²) < 4.78 is 50.6. The monoisotopic (exact) mass is 732 g/mol. The fraction of sp³-hybridized carbons (Fsp3) is 0.730. The van der Waals surface area contributed by atoms with Crippen molar-refractivity contribution in [1.82, 2.24) is 24.3 Å². The third-order valence-electron chi connectivity index (χ3n) is 10.3. The summed E-state index contributed by atoms with van der Waals surface area (Å²) in [5.41, 5.74) is -1.11. The van der Waals surface area contributed by atoms with Gasteiger partial charge in [0.2, 0.25) is 5.91 Å². The fourth-order valence-electron chi connectivity index (χ4n) is 7.53. The van der Waals surface area contributed by atoms with Crippen molar-refractivity contribution in [3.05, 3.63) is 18.6 Å². The summed E-state index contributed by atoms with van der Waals surface area (Å²) in [7, 11) is 0. The molecule has 2 amide bonds. The van der Waals surface area contributed by atoms with Gasteiger partial charge in [-0.3, -0.25) is 19.3 Å². The van der Waals surface area contributed by atoms with Gasteiger partial charge in [-0.2, -0.15) is 0 Å². The normalized spacial score (nSPS) is 24.6. The lowest BCUT2D eigenvalue weighted by atomic mass is 9.83. The smallest absolute Gasteiger partial charge is 0.410 e. The Bertz CT molecular complexity index is 1650. The van der Waals surface area contributed by atoms with E-state index in [9.17, 15) is 19.2 Å². The minimum absolute atomic E-state index is 0.147. The summed E-state index contributed by atoms with van der Waals surface area (Å²) in [6.45, 7) is 15.9. The van der Waals surface area contributed by atoms with E-state index < -0.39 is 77.6 Å². The van der Waals surface area contributed by atoms with Crippen molar-refractivity contribution >= 4 is 40.8 Å². The fourth-order valence-corrected chi connectivity index (χ4v) is 7.53. The van der Waals surface area contributed by atoms with Crippen LogP contribution in [0.25, 0.3) is 11.0 Å². The summed E-state index contributed by atoms with van der Waals surface area (Å²) in [5, 5.41) is 3.41. The first-order valence-corrected chi connectivity index (χ1v) is 18.3. The number of carbonyl (C=O) groups excluding carboxylic acids is 4. The highest BCUT2D eigenvalue weighted by Crippen LogP contribution is 2.49. The first kappa shape index (κ1) is 39.3. The van der Waals surface area contributed by atoms with Gasteiger partial charge < -0.3 is 29.0 Å². The number of hydrogen-bond donors (Lipinski definition) is 1. The number of likely N-dealkylation sites (tertiary alicyclic amines) is 2. The number of halogens is 2. The highest BCUT2D eigenvalue weighted by atomic mass is 19.3. The van der Waals surface area contributed by atoms with Crippen molar-refractivity contribution in [1.29, 1.82) is 0 Å². The molecule has 2 aromatic heterocycles. The first-order chi connectivity index (χ1) is 24.2. The van der Waals surface area contributed by atoms with E-state index >= 15 is 8.78 Å². The van der Waals surface area contributed by atoms with Crippen LogP contribution in [0, 0.1) is 23.7 Å². The Hall–Kier alpha value is -3.88. The Balaban J connectivity index is 1.50. The van der Waals surface area contributed by atoms with Crippen LogP contribution in [0.5, 0.6) is 0 Å². The molecule has 1 N–H and O–H groups in total. The van der Waals surface area contributed by atoms with Crippen molar-refractivity contribution in [2.45, 2.75) is 123 Å². The van der Waals surface area contributed by atoms with E-state index in [2.05, 4.69) is 15.3 Å². The van der Waals surface area contributed by atoms with Crippen LogP contribution in [0.3, 0.4) is 0 Å². The van der Waals surface area contributed by atoms with Crippen LogP contribution in [0.2, 0.25) is 0 Å². The van der Waals surface area contributed by atoms with Crippen LogP contribution in [-0.4, -0.2) is 104 Å². The predicted octanol–water partition coefficient (Wildman–Crippen LogP) is 5.83. The molecule has 0 aromatic carbocycles. The molecule has 2 aliphatic heterocycles. The standard InChI is InChI=1S/C37H54F2N6O7/c1-21(2)31(46)42-29-25-10-13-45(30(25)41-20-40-29)26-16-24(27(50-32(47)22(3)4)28(26)51-33(48)23(5)6)17-44-19-37(38,39)18-36(44)11-14-43(15-12-36)34(49)52-35(7,8)9/h10,13,20-24,26-28H,11-12,14-19H2,1-9H3,(H,40,41,42,46)/t24-,26-,27-,28+/m1/s1. The molecule has 13 nitrogen and oxygen atoms in total. The van der Waals surface area contributed by atoms with Gasteiger partial charge in [0.25, 0.3) is 5.92 Å². The number of amides is 2. The molecule has 1 saturated carbocycles. The Morgan fingerprint density at radius 1 is 0.942 bits per heavy atom. The van der Waals surface area contributed by atoms with E-state index in [1.54, 1.807) is 84.4 Å². The lowest BCUT2D eigenvalue weighted by molar-refractivity contribution is -0.174. The zero-order valence-electron chi connectivity index (χ0n) is 31.8. The maximum atomic E-state index is 15.4. The van der Waals surface area contributed by atoms with Crippen LogP contribution in [-0.2, 0) is 28.6 Å². The molecule has 4 heterocycles. The van der Waals surface area contributed by atoms with E-state index in [1.165, 1.54) is 6.33 Å². The molecule has 2 aromatic rings. The van der Waals surface area contributed by atoms with Crippen LogP contribution in [0.4, 0.5) is 19.4 Å². The van der Waals surface area contributed by atoms with E-state index in [1.807, 2.05) is 4.57 Å². The highest BCUT2D eigenvalue weighted by molar-refractivity contribution is 5.99. The Morgan fingerprint density at radius 2 is 1.56 bits per heavy atom. The molecule has 1 spiro atoms. The number of nitrogens with zero attached hydrogens (tertiary/aromatic N) is 5. The van der Waals surface area contributed by atoms with Gasteiger partial charge in [0, 0.05) is 49.6 Å². The van der Waals surface area contributed by atoms with E-state index in [0.29, 0.717) is 36.1 Å². The number of nitrogens with one attached hydrogen (secondary N) is 1.